The number of benzene rings is 2. The molecule has 0 saturated heterocycles. The summed E-state index contributed by atoms with van der Waals surface area (Å²) < 4.78 is 32.5. The van der Waals surface area contributed by atoms with Crippen molar-refractivity contribution in [2.24, 2.45) is 0 Å². The van der Waals surface area contributed by atoms with Crippen LogP contribution in [0.5, 0.6) is 5.75 Å². The van der Waals surface area contributed by atoms with E-state index in [0.717, 1.165) is 34.4 Å². The maximum atomic E-state index is 12.2. The van der Waals surface area contributed by atoms with Crippen LogP contribution >= 0.6 is 0 Å². The lowest BCUT2D eigenvalue weighted by atomic mass is 10.1. The number of ether oxygens (including phenoxy) is 1. The van der Waals surface area contributed by atoms with Gasteiger partial charge in [-0.05, 0) is 29.7 Å². The van der Waals surface area contributed by atoms with Crippen molar-refractivity contribution < 1.29 is 13.2 Å². The summed E-state index contributed by atoms with van der Waals surface area (Å²) in [6.45, 7) is 2.97. The van der Waals surface area contributed by atoms with Crippen molar-refractivity contribution in [2.75, 3.05) is 6.61 Å². The van der Waals surface area contributed by atoms with Gasteiger partial charge >= 0.3 is 0 Å². The Kier molecular flexibility index (Phi) is 4.18. The van der Waals surface area contributed by atoms with Gasteiger partial charge in [0.15, 0.2) is 0 Å². The molecule has 4 nitrogen and oxygen atoms in total. The van der Waals surface area contributed by atoms with E-state index in [-0.39, 0.29) is 5.75 Å². The summed E-state index contributed by atoms with van der Waals surface area (Å²) in [5.74, 6) is 0.911. The predicted molar refractivity (Wildman–Crippen MR) is 86.3 cm³/mol. The molecular weight excluding hydrogens is 298 g/mol. The van der Waals surface area contributed by atoms with Crippen molar-refractivity contribution in [1.82, 2.24) is 4.72 Å². The van der Waals surface area contributed by atoms with Gasteiger partial charge in [-0.15, -0.1) is 0 Å². The standard InChI is InChI=1S/C17H19NO3S/c1-13-3-2-4-15(9-13)12-22(19,20)18-11-14-5-6-17-16(10-14)7-8-21-17/h2-6,9-10,18H,7-8,11-12H2,1H3. The van der Waals surface area contributed by atoms with Crippen molar-refractivity contribution in [1.29, 1.82) is 0 Å². The molecular formula is C17H19NO3S. The average Bonchev–Trinajstić information content (AvgIpc) is 2.92. The maximum Gasteiger partial charge on any atom is 0.216 e. The lowest BCUT2D eigenvalue weighted by Crippen LogP contribution is -2.24. The van der Waals surface area contributed by atoms with Gasteiger partial charge in [0.25, 0.3) is 0 Å². The third-order valence-corrected chi connectivity index (χ3v) is 4.99. The van der Waals surface area contributed by atoms with E-state index in [1.54, 1.807) is 0 Å². The van der Waals surface area contributed by atoms with Crippen LogP contribution in [0, 0.1) is 6.92 Å². The van der Waals surface area contributed by atoms with Gasteiger partial charge in [-0.25, -0.2) is 13.1 Å². The first-order valence-corrected chi connectivity index (χ1v) is 8.94. The molecule has 0 spiro atoms. The molecule has 0 radical (unpaired) electrons. The Morgan fingerprint density at radius 2 is 2.00 bits per heavy atom. The zero-order chi connectivity index (χ0) is 15.6. The number of nitrogens with one attached hydrogen (secondary N) is 1. The summed E-state index contributed by atoms with van der Waals surface area (Å²) >= 11 is 0. The summed E-state index contributed by atoms with van der Waals surface area (Å²) in [5.41, 5.74) is 3.97. The van der Waals surface area contributed by atoms with Gasteiger partial charge in [0.05, 0.1) is 12.4 Å². The highest BCUT2D eigenvalue weighted by atomic mass is 32.2. The molecule has 1 aliphatic heterocycles. The molecule has 1 N–H and O–H groups in total. The molecule has 3 rings (SSSR count). The number of rotatable bonds is 5. The van der Waals surface area contributed by atoms with Crippen molar-refractivity contribution in [3.05, 3.63) is 64.7 Å². The van der Waals surface area contributed by atoms with Crippen LogP contribution in [0.4, 0.5) is 0 Å². The van der Waals surface area contributed by atoms with Crippen molar-refractivity contribution >= 4 is 10.0 Å². The summed E-state index contributed by atoms with van der Waals surface area (Å²) in [6, 6.07) is 13.4. The van der Waals surface area contributed by atoms with Crippen molar-refractivity contribution in [2.45, 2.75) is 25.6 Å². The van der Waals surface area contributed by atoms with E-state index in [4.69, 9.17) is 4.74 Å². The Morgan fingerprint density at radius 1 is 1.14 bits per heavy atom. The molecule has 0 atom stereocenters. The zero-order valence-electron chi connectivity index (χ0n) is 12.5. The topological polar surface area (TPSA) is 55.4 Å². The van der Waals surface area contributed by atoms with Crippen LogP contribution < -0.4 is 9.46 Å². The largest absolute Gasteiger partial charge is 0.493 e. The van der Waals surface area contributed by atoms with Crippen LogP contribution in [0.15, 0.2) is 42.5 Å². The monoisotopic (exact) mass is 317 g/mol. The molecule has 0 aromatic heterocycles. The van der Waals surface area contributed by atoms with Gasteiger partial charge in [0.2, 0.25) is 10.0 Å². The second-order valence-corrected chi connectivity index (χ2v) is 7.42. The molecule has 0 aliphatic carbocycles. The number of hydrogen-bond donors (Lipinski definition) is 1. The minimum absolute atomic E-state index is 0.00271. The Balaban J connectivity index is 1.65. The van der Waals surface area contributed by atoms with E-state index in [1.165, 1.54) is 0 Å². The van der Waals surface area contributed by atoms with Crippen LogP contribution in [-0.4, -0.2) is 15.0 Å². The number of sulfonamides is 1. The number of hydrogen-bond acceptors (Lipinski definition) is 3. The van der Waals surface area contributed by atoms with Crippen LogP contribution in [0.25, 0.3) is 0 Å². The summed E-state index contributed by atoms with van der Waals surface area (Å²) in [6.07, 6.45) is 0.888. The molecule has 2 aromatic rings. The molecule has 0 unspecified atom stereocenters. The van der Waals surface area contributed by atoms with Gasteiger partial charge in [-0.1, -0.05) is 42.0 Å². The quantitative estimate of drug-likeness (QED) is 0.922. The van der Waals surface area contributed by atoms with Crippen LogP contribution in [0.2, 0.25) is 0 Å². The summed E-state index contributed by atoms with van der Waals surface area (Å²) in [7, 11) is -3.34. The van der Waals surface area contributed by atoms with E-state index >= 15 is 0 Å². The van der Waals surface area contributed by atoms with Crippen LogP contribution in [0.1, 0.15) is 22.3 Å². The Bertz CT molecular complexity index is 784. The Morgan fingerprint density at radius 3 is 2.82 bits per heavy atom. The lowest BCUT2D eigenvalue weighted by Gasteiger charge is -2.08. The highest BCUT2D eigenvalue weighted by Crippen LogP contribution is 2.25. The minimum atomic E-state index is -3.34. The Labute approximate surface area is 131 Å². The third-order valence-electron chi connectivity index (χ3n) is 3.69. The van der Waals surface area contributed by atoms with Crippen LogP contribution in [-0.2, 0) is 28.7 Å². The van der Waals surface area contributed by atoms with Gasteiger partial charge in [-0.3, -0.25) is 0 Å². The second kappa shape index (κ2) is 6.10. The van der Waals surface area contributed by atoms with Gasteiger partial charge in [-0.2, -0.15) is 0 Å². The number of fused-ring (bicyclic) bond motifs is 1. The average molecular weight is 317 g/mol. The fourth-order valence-corrected chi connectivity index (χ4v) is 3.72. The first-order valence-electron chi connectivity index (χ1n) is 7.29. The fraction of sp³-hybridized carbons (Fsp3) is 0.294. The maximum absolute atomic E-state index is 12.2. The molecule has 0 saturated carbocycles. The highest BCUT2D eigenvalue weighted by molar-refractivity contribution is 7.88. The van der Waals surface area contributed by atoms with Crippen molar-refractivity contribution in [3.8, 4) is 5.75 Å². The lowest BCUT2D eigenvalue weighted by molar-refractivity contribution is 0.357. The van der Waals surface area contributed by atoms with E-state index in [0.29, 0.717) is 13.2 Å². The van der Waals surface area contributed by atoms with E-state index in [9.17, 15) is 8.42 Å². The SMILES string of the molecule is Cc1cccc(CS(=O)(=O)NCc2ccc3c(c2)CCO3)c1. The molecule has 0 fully saturated rings. The molecule has 1 heterocycles. The normalized spacial score (nSPS) is 13.7. The fourth-order valence-electron chi connectivity index (χ4n) is 2.62. The molecule has 0 bridgehead atoms. The minimum Gasteiger partial charge on any atom is -0.493 e. The molecule has 1 aliphatic rings. The van der Waals surface area contributed by atoms with E-state index < -0.39 is 10.0 Å². The molecule has 116 valence electrons. The first kappa shape index (κ1) is 15.1. The van der Waals surface area contributed by atoms with E-state index in [1.807, 2.05) is 49.4 Å². The summed E-state index contributed by atoms with van der Waals surface area (Å²) in [5, 5.41) is 0. The van der Waals surface area contributed by atoms with Gasteiger partial charge in [0, 0.05) is 13.0 Å². The predicted octanol–water partition coefficient (Wildman–Crippen LogP) is 2.55. The molecule has 5 heteroatoms. The second-order valence-electron chi connectivity index (χ2n) is 5.61. The zero-order valence-corrected chi connectivity index (χ0v) is 13.3. The van der Waals surface area contributed by atoms with Gasteiger partial charge in [0.1, 0.15) is 5.75 Å². The number of aryl methyl sites for hydroxylation is 1. The third kappa shape index (κ3) is 3.67. The summed E-state index contributed by atoms with van der Waals surface area (Å²) in [4.78, 5) is 0. The Hall–Kier alpha value is -1.85. The molecule has 22 heavy (non-hydrogen) atoms. The molecule has 2 aromatic carbocycles. The van der Waals surface area contributed by atoms with Crippen molar-refractivity contribution in [3.63, 3.8) is 0 Å². The molecule has 0 amide bonds. The smallest absolute Gasteiger partial charge is 0.216 e. The van der Waals surface area contributed by atoms with Gasteiger partial charge < -0.3 is 4.74 Å². The van der Waals surface area contributed by atoms with E-state index in [2.05, 4.69) is 4.72 Å². The first-order chi connectivity index (χ1) is 10.5. The van der Waals surface area contributed by atoms with Crippen LogP contribution in [0.3, 0.4) is 0 Å². The highest BCUT2D eigenvalue weighted by Gasteiger charge is 2.14.